The number of rotatable bonds is 7. The molecule has 2 nitrogen and oxygen atoms in total. The van der Waals surface area contributed by atoms with E-state index >= 15 is 0 Å². The van der Waals surface area contributed by atoms with Crippen LogP contribution >= 0.6 is 11.8 Å². The summed E-state index contributed by atoms with van der Waals surface area (Å²) < 4.78 is 0. The van der Waals surface area contributed by atoms with E-state index in [1.54, 1.807) is 11.8 Å². The van der Waals surface area contributed by atoms with Crippen LogP contribution in [0.15, 0.2) is 65.6 Å². The van der Waals surface area contributed by atoms with Gasteiger partial charge >= 0.3 is 0 Å². The molecule has 0 radical (unpaired) electrons. The molecule has 24 heavy (non-hydrogen) atoms. The van der Waals surface area contributed by atoms with Gasteiger partial charge in [0, 0.05) is 17.2 Å². The van der Waals surface area contributed by atoms with Crippen LogP contribution in [0.3, 0.4) is 0 Å². The van der Waals surface area contributed by atoms with Crippen LogP contribution in [0.2, 0.25) is 0 Å². The van der Waals surface area contributed by atoms with Crippen molar-refractivity contribution in [2.45, 2.75) is 30.3 Å². The van der Waals surface area contributed by atoms with E-state index in [1.165, 1.54) is 29.7 Å². The molecular formula is C21H27NOS. The summed E-state index contributed by atoms with van der Waals surface area (Å²) in [5.74, 6) is 1.56. The zero-order valence-electron chi connectivity index (χ0n) is 14.2. The number of nitrogens with zero attached hydrogens (tertiary/aromatic N) is 1. The van der Waals surface area contributed by atoms with E-state index in [1.807, 2.05) is 18.2 Å². The Labute approximate surface area is 149 Å². The van der Waals surface area contributed by atoms with Crippen molar-refractivity contribution in [3.8, 4) is 0 Å². The summed E-state index contributed by atoms with van der Waals surface area (Å²) >= 11 is 1.74. The highest BCUT2D eigenvalue weighted by molar-refractivity contribution is 7.99. The van der Waals surface area contributed by atoms with Crippen molar-refractivity contribution in [3.63, 3.8) is 0 Å². The van der Waals surface area contributed by atoms with Gasteiger partial charge in [0.2, 0.25) is 0 Å². The van der Waals surface area contributed by atoms with Gasteiger partial charge in [-0.05, 0) is 56.0 Å². The lowest BCUT2D eigenvalue weighted by atomic mass is 9.90. The SMILES string of the molecule is OC(CSc1ccccc1)CN1CCC(Cc2ccccc2)CC1. The molecule has 1 saturated heterocycles. The van der Waals surface area contributed by atoms with E-state index in [4.69, 9.17) is 0 Å². The Balaban J connectivity index is 1.36. The second-order valence-electron chi connectivity index (χ2n) is 6.71. The monoisotopic (exact) mass is 341 g/mol. The maximum atomic E-state index is 10.3. The molecule has 0 spiro atoms. The molecule has 1 N–H and O–H groups in total. The van der Waals surface area contributed by atoms with Gasteiger partial charge in [0.25, 0.3) is 0 Å². The van der Waals surface area contributed by atoms with Gasteiger partial charge in [0.15, 0.2) is 0 Å². The quantitative estimate of drug-likeness (QED) is 0.767. The number of hydrogen-bond donors (Lipinski definition) is 1. The van der Waals surface area contributed by atoms with Crippen LogP contribution in [0.25, 0.3) is 0 Å². The number of aliphatic hydroxyl groups is 1. The lowest BCUT2D eigenvalue weighted by Crippen LogP contribution is -2.40. The highest BCUT2D eigenvalue weighted by Gasteiger charge is 2.21. The summed E-state index contributed by atoms with van der Waals surface area (Å²) in [6.07, 6.45) is 3.43. The number of thioether (sulfide) groups is 1. The third-order valence-corrected chi connectivity index (χ3v) is 5.89. The van der Waals surface area contributed by atoms with E-state index in [2.05, 4.69) is 47.4 Å². The molecule has 0 aromatic heterocycles. The Hall–Kier alpha value is -1.29. The average Bonchev–Trinajstić information content (AvgIpc) is 2.63. The maximum absolute atomic E-state index is 10.3. The van der Waals surface area contributed by atoms with Crippen molar-refractivity contribution >= 4 is 11.8 Å². The second kappa shape index (κ2) is 9.26. The third-order valence-electron chi connectivity index (χ3n) is 4.73. The normalized spacial score (nSPS) is 17.7. The predicted molar refractivity (Wildman–Crippen MR) is 102 cm³/mol. The minimum Gasteiger partial charge on any atom is -0.391 e. The Morgan fingerprint density at radius 3 is 2.25 bits per heavy atom. The standard InChI is InChI=1S/C21H27NOS/c23-20(17-24-21-9-5-2-6-10-21)16-22-13-11-19(12-14-22)15-18-7-3-1-4-8-18/h1-10,19-20,23H,11-17H2. The zero-order chi connectivity index (χ0) is 16.6. The smallest absolute Gasteiger partial charge is 0.0760 e. The van der Waals surface area contributed by atoms with Gasteiger partial charge in [0.05, 0.1) is 6.10 Å². The first-order valence-corrected chi connectivity index (χ1v) is 9.90. The Bertz CT molecular complexity index is 581. The maximum Gasteiger partial charge on any atom is 0.0760 e. The number of β-amino-alcohol motifs (C(OH)–C–C–N with tert-alkyl or cyclic N) is 1. The molecule has 1 fully saturated rings. The van der Waals surface area contributed by atoms with Gasteiger partial charge in [0.1, 0.15) is 0 Å². The summed E-state index contributed by atoms with van der Waals surface area (Å²) in [5, 5.41) is 10.3. The molecule has 0 aliphatic carbocycles. The number of likely N-dealkylation sites (tertiary alicyclic amines) is 1. The van der Waals surface area contributed by atoms with E-state index in [-0.39, 0.29) is 6.10 Å². The lowest BCUT2D eigenvalue weighted by Gasteiger charge is -2.33. The van der Waals surface area contributed by atoms with Crippen LogP contribution in [0.4, 0.5) is 0 Å². The molecular weight excluding hydrogens is 314 g/mol. The number of benzene rings is 2. The highest BCUT2D eigenvalue weighted by Crippen LogP contribution is 2.23. The fraction of sp³-hybridized carbons (Fsp3) is 0.429. The van der Waals surface area contributed by atoms with Crippen LogP contribution in [-0.2, 0) is 6.42 Å². The number of aliphatic hydroxyl groups excluding tert-OH is 1. The van der Waals surface area contributed by atoms with Crippen molar-refractivity contribution in [3.05, 3.63) is 66.2 Å². The first-order valence-electron chi connectivity index (χ1n) is 8.92. The van der Waals surface area contributed by atoms with Crippen molar-refractivity contribution in [2.75, 3.05) is 25.4 Å². The van der Waals surface area contributed by atoms with Crippen molar-refractivity contribution < 1.29 is 5.11 Å². The Morgan fingerprint density at radius 1 is 0.958 bits per heavy atom. The molecule has 2 aromatic carbocycles. The average molecular weight is 342 g/mol. The van der Waals surface area contributed by atoms with Gasteiger partial charge in [-0.2, -0.15) is 0 Å². The molecule has 3 heteroatoms. The van der Waals surface area contributed by atoms with Crippen molar-refractivity contribution in [2.24, 2.45) is 5.92 Å². The summed E-state index contributed by atoms with van der Waals surface area (Å²) in [7, 11) is 0. The van der Waals surface area contributed by atoms with Gasteiger partial charge in [-0.25, -0.2) is 0 Å². The largest absolute Gasteiger partial charge is 0.391 e. The minimum atomic E-state index is -0.249. The predicted octanol–water partition coefficient (Wildman–Crippen LogP) is 4.09. The lowest BCUT2D eigenvalue weighted by molar-refractivity contribution is 0.103. The van der Waals surface area contributed by atoms with Crippen LogP contribution in [0, 0.1) is 5.92 Å². The van der Waals surface area contributed by atoms with Crippen LogP contribution in [0.1, 0.15) is 18.4 Å². The van der Waals surface area contributed by atoms with Crippen molar-refractivity contribution in [1.82, 2.24) is 4.90 Å². The minimum absolute atomic E-state index is 0.249. The first-order chi connectivity index (χ1) is 11.8. The third kappa shape index (κ3) is 5.66. The van der Waals surface area contributed by atoms with Gasteiger partial charge in [-0.1, -0.05) is 48.5 Å². The van der Waals surface area contributed by atoms with E-state index in [9.17, 15) is 5.11 Å². The second-order valence-corrected chi connectivity index (χ2v) is 7.80. The van der Waals surface area contributed by atoms with Crippen LogP contribution in [0.5, 0.6) is 0 Å². The van der Waals surface area contributed by atoms with E-state index in [0.29, 0.717) is 0 Å². The van der Waals surface area contributed by atoms with Gasteiger partial charge in [-0.3, -0.25) is 0 Å². The molecule has 1 atom stereocenters. The van der Waals surface area contributed by atoms with E-state index < -0.39 is 0 Å². The molecule has 3 rings (SSSR count). The number of hydrogen-bond acceptors (Lipinski definition) is 3. The zero-order valence-corrected chi connectivity index (χ0v) is 15.0. The molecule has 0 saturated carbocycles. The van der Waals surface area contributed by atoms with Gasteiger partial charge < -0.3 is 10.0 Å². The number of piperidine rings is 1. The molecule has 1 aliphatic rings. The highest BCUT2D eigenvalue weighted by atomic mass is 32.2. The Kier molecular flexibility index (Phi) is 6.76. The van der Waals surface area contributed by atoms with Crippen LogP contribution in [-0.4, -0.2) is 41.5 Å². The fourth-order valence-corrected chi connectivity index (χ4v) is 4.22. The molecule has 1 aliphatic heterocycles. The van der Waals surface area contributed by atoms with Gasteiger partial charge in [-0.15, -0.1) is 11.8 Å². The summed E-state index contributed by atoms with van der Waals surface area (Å²) in [5.41, 5.74) is 1.45. The van der Waals surface area contributed by atoms with Crippen molar-refractivity contribution in [1.29, 1.82) is 0 Å². The molecule has 0 amide bonds. The summed E-state index contributed by atoms with van der Waals surface area (Å²) in [6, 6.07) is 21.1. The first kappa shape index (κ1) is 17.5. The summed E-state index contributed by atoms with van der Waals surface area (Å²) in [6.45, 7) is 3.03. The topological polar surface area (TPSA) is 23.5 Å². The molecule has 0 bridgehead atoms. The molecule has 2 aromatic rings. The molecule has 128 valence electrons. The van der Waals surface area contributed by atoms with Crippen LogP contribution < -0.4 is 0 Å². The molecule has 1 heterocycles. The van der Waals surface area contributed by atoms with E-state index in [0.717, 1.165) is 31.3 Å². The molecule has 1 unspecified atom stereocenters. The summed E-state index contributed by atoms with van der Waals surface area (Å²) in [4.78, 5) is 3.66. The fourth-order valence-electron chi connectivity index (χ4n) is 3.38. The Morgan fingerprint density at radius 2 is 1.58 bits per heavy atom.